The van der Waals surface area contributed by atoms with Crippen LogP contribution in [0.15, 0.2) is 0 Å². The van der Waals surface area contributed by atoms with Crippen LogP contribution < -0.4 is 0 Å². The highest BCUT2D eigenvalue weighted by Crippen LogP contribution is 2.56. The minimum atomic E-state index is -4.20. The Balaban J connectivity index is 1.87. The molecule has 3 unspecified atom stereocenters. The van der Waals surface area contributed by atoms with Crippen LogP contribution in [0.3, 0.4) is 0 Å². The Kier molecular flexibility index (Phi) is 3.55. The van der Waals surface area contributed by atoms with Gasteiger partial charge in [-0.05, 0) is 31.1 Å². The summed E-state index contributed by atoms with van der Waals surface area (Å²) in [6, 6.07) is 0. The van der Waals surface area contributed by atoms with Gasteiger partial charge in [-0.2, -0.15) is 13.2 Å². The van der Waals surface area contributed by atoms with Crippen molar-refractivity contribution in [3.8, 4) is 0 Å². The summed E-state index contributed by atoms with van der Waals surface area (Å²) in [6.07, 6.45) is 0.414. The van der Waals surface area contributed by atoms with Gasteiger partial charge < -0.3 is 4.74 Å². The molecule has 0 saturated heterocycles. The summed E-state index contributed by atoms with van der Waals surface area (Å²) < 4.78 is 40.9. The van der Waals surface area contributed by atoms with Gasteiger partial charge in [-0.15, -0.1) is 0 Å². The van der Waals surface area contributed by atoms with Crippen molar-refractivity contribution in [3.63, 3.8) is 0 Å². The van der Waals surface area contributed by atoms with Crippen LogP contribution in [0.2, 0.25) is 0 Å². The van der Waals surface area contributed by atoms with Crippen LogP contribution >= 0.6 is 15.9 Å². The Morgan fingerprint density at radius 1 is 1.31 bits per heavy atom. The SMILES string of the molecule is FC(F)(F)COCC1(CBr)CC2CCC1C2. The Hall–Kier alpha value is 0.230. The van der Waals surface area contributed by atoms with Crippen molar-refractivity contribution in [2.24, 2.45) is 17.3 Å². The van der Waals surface area contributed by atoms with Gasteiger partial charge in [0.15, 0.2) is 0 Å². The standard InChI is InChI=1S/C11H16BrF3O/c12-5-10(6-16-7-11(13,14)15)4-8-1-2-9(10)3-8/h8-9H,1-7H2. The van der Waals surface area contributed by atoms with Gasteiger partial charge in [0.05, 0.1) is 6.61 Å². The molecule has 3 atom stereocenters. The number of rotatable bonds is 4. The van der Waals surface area contributed by atoms with E-state index >= 15 is 0 Å². The van der Waals surface area contributed by atoms with Gasteiger partial charge in [-0.25, -0.2) is 0 Å². The number of hydrogen-bond acceptors (Lipinski definition) is 1. The quantitative estimate of drug-likeness (QED) is 0.718. The zero-order valence-corrected chi connectivity index (χ0v) is 10.6. The lowest BCUT2D eigenvalue weighted by molar-refractivity contribution is -0.181. The van der Waals surface area contributed by atoms with Crippen molar-refractivity contribution in [1.82, 2.24) is 0 Å². The molecule has 0 amide bonds. The van der Waals surface area contributed by atoms with Crippen LogP contribution in [-0.4, -0.2) is 24.7 Å². The number of hydrogen-bond donors (Lipinski definition) is 0. The van der Waals surface area contributed by atoms with E-state index in [1.54, 1.807) is 0 Å². The van der Waals surface area contributed by atoms with E-state index in [1.807, 2.05) is 0 Å². The summed E-state index contributed by atoms with van der Waals surface area (Å²) in [5, 5.41) is 0.763. The molecular formula is C11H16BrF3O. The molecule has 2 bridgehead atoms. The molecule has 2 fully saturated rings. The van der Waals surface area contributed by atoms with Crippen LogP contribution in [-0.2, 0) is 4.74 Å². The number of alkyl halides is 4. The first-order valence-electron chi connectivity index (χ1n) is 5.66. The lowest BCUT2D eigenvalue weighted by Crippen LogP contribution is -2.36. The molecule has 1 nitrogen and oxygen atoms in total. The minimum absolute atomic E-state index is 0.0336. The minimum Gasteiger partial charge on any atom is -0.371 e. The highest BCUT2D eigenvalue weighted by Gasteiger charge is 2.50. The van der Waals surface area contributed by atoms with Gasteiger partial charge in [0.25, 0.3) is 0 Å². The lowest BCUT2D eigenvalue weighted by Gasteiger charge is -2.36. The van der Waals surface area contributed by atoms with Gasteiger partial charge in [0.2, 0.25) is 0 Å². The maximum atomic E-state index is 12.0. The highest BCUT2D eigenvalue weighted by molar-refractivity contribution is 9.09. The topological polar surface area (TPSA) is 9.23 Å². The molecule has 2 rings (SSSR count). The third kappa shape index (κ3) is 2.55. The van der Waals surface area contributed by atoms with E-state index in [1.165, 1.54) is 12.8 Å². The predicted octanol–water partition coefficient (Wildman–Crippen LogP) is 3.77. The largest absolute Gasteiger partial charge is 0.411 e. The zero-order chi connectivity index (χ0) is 11.8. The van der Waals surface area contributed by atoms with Gasteiger partial charge in [0, 0.05) is 10.7 Å². The molecule has 2 aliphatic rings. The Bertz CT molecular complexity index is 256. The second-order valence-corrected chi connectivity index (χ2v) is 5.74. The average molecular weight is 301 g/mol. The third-order valence-corrected chi connectivity index (χ3v) is 5.14. The van der Waals surface area contributed by atoms with Gasteiger partial charge >= 0.3 is 6.18 Å². The summed E-state index contributed by atoms with van der Waals surface area (Å²) >= 11 is 3.45. The second-order valence-electron chi connectivity index (χ2n) is 5.18. The van der Waals surface area contributed by atoms with Gasteiger partial charge in [-0.3, -0.25) is 0 Å². The first-order valence-corrected chi connectivity index (χ1v) is 6.78. The van der Waals surface area contributed by atoms with Crippen LogP contribution in [0.4, 0.5) is 13.2 Å². The molecule has 2 aliphatic carbocycles. The molecule has 0 heterocycles. The van der Waals surface area contributed by atoms with Crippen molar-refractivity contribution >= 4 is 15.9 Å². The zero-order valence-electron chi connectivity index (χ0n) is 9.02. The molecule has 0 aromatic carbocycles. The fraction of sp³-hybridized carbons (Fsp3) is 1.00. The smallest absolute Gasteiger partial charge is 0.371 e. The summed E-state index contributed by atoms with van der Waals surface area (Å²) in [4.78, 5) is 0. The Labute approximate surface area is 102 Å². The van der Waals surface area contributed by atoms with Crippen molar-refractivity contribution in [2.75, 3.05) is 18.5 Å². The average Bonchev–Trinajstić information content (AvgIpc) is 2.75. The van der Waals surface area contributed by atoms with E-state index in [-0.39, 0.29) is 12.0 Å². The summed E-state index contributed by atoms with van der Waals surface area (Å²) in [6.45, 7) is -0.863. The summed E-state index contributed by atoms with van der Waals surface area (Å²) in [7, 11) is 0. The Morgan fingerprint density at radius 3 is 2.50 bits per heavy atom. The molecule has 94 valence electrons. The van der Waals surface area contributed by atoms with Crippen LogP contribution in [0.1, 0.15) is 25.7 Å². The third-order valence-electron chi connectivity index (χ3n) is 4.02. The fourth-order valence-corrected chi connectivity index (χ4v) is 4.16. The van der Waals surface area contributed by atoms with Crippen LogP contribution in [0.25, 0.3) is 0 Å². The molecule has 0 N–H and O–H groups in total. The van der Waals surface area contributed by atoms with Gasteiger partial charge in [-0.1, -0.05) is 22.4 Å². The maximum absolute atomic E-state index is 12.0. The van der Waals surface area contributed by atoms with Crippen LogP contribution in [0.5, 0.6) is 0 Å². The number of fused-ring (bicyclic) bond motifs is 2. The van der Waals surface area contributed by atoms with E-state index in [9.17, 15) is 13.2 Å². The fourth-order valence-electron chi connectivity index (χ4n) is 3.31. The van der Waals surface area contributed by atoms with Crippen molar-refractivity contribution < 1.29 is 17.9 Å². The van der Waals surface area contributed by atoms with E-state index < -0.39 is 12.8 Å². The van der Waals surface area contributed by atoms with Gasteiger partial charge in [0.1, 0.15) is 6.61 Å². The van der Waals surface area contributed by atoms with Crippen molar-refractivity contribution in [1.29, 1.82) is 0 Å². The molecule has 0 aliphatic heterocycles. The first kappa shape index (κ1) is 12.7. The molecule has 16 heavy (non-hydrogen) atoms. The maximum Gasteiger partial charge on any atom is 0.411 e. The molecule has 5 heteroatoms. The molecule has 0 spiro atoms. The molecule has 0 radical (unpaired) electrons. The van der Waals surface area contributed by atoms with E-state index in [4.69, 9.17) is 4.74 Å². The number of halogens is 4. The summed E-state index contributed by atoms with van der Waals surface area (Å²) in [5.41, 5.74) is -0.0336. The molecule has 2 saturated carbocycles. The monoisotopic (exact) mass is 300 g/mol. The first-order chi connectivity index (χ1) is 7.45. The molecule has 0 aromatic rings. The summed E-state index contributed by atoms with van der Waals surface area (Å²) in [5.74, 6) is 1.28. The normalized spacial score (nSPS) is 38.2. The Morgan fingerprint density at radius 2 is 2.06 bits per heavy atom. The molecule has 0 aromatic heterocycles. The number of ether oxygens (including phenoxy) is 1. The highest BCUT2D eigenvalue weighted by atomic mass is 79.9. The molecular weight excluding hydrogens is 285 g/mol. The van der Waals surface area contributed by atoms with Crippen molar-refractivity contribution in [3.05, 3.63) is 0 Å². The van der Waals surface area contributed by atoms with E-state index in [2.05, 4.69) is 15.9 Å². The predicted molar refractivity (Wildman–Crippen MR) is 58.5 cm³/mol. The van der Waals surface area contributed by atoms with E-state index in [0.29, 0.717) is 5.92 Å². The second kappa shape index (κ2) is 4.48. The van der Waals surface area contributed by atoms with Crippen LogP contribution in [0, 0.1) is 17.3 Å². The van der Waals surface area contributed by atoms with Crippen molar-refractivity contribution in [2.45, 2.75) is 31.9 Å². The lowest BCUT2D eigenvalue weighted by atomic mass is 9.75. The van der Waals surface area contributed by atoms with E-state index in [0.717, 1.165) is 24.1 Å².